The van der Waals surface area contributed by atoms with Crippen molar-refractivity contribution in [2.24, 2.45) is 0 Å². The molecule has 3 aromatic rings. The maximum atomic E-state index is 12.1. The smallest absolute Gasteiger partial charge is 0.322 e. The number of ether oxygens (including phenoxy) is 1. The zero-order valence-corrected chi connectivity index (χ0v) is 13.6. The largest absolute Gasteiger partial charge is 0.497 e. The lowest BCUT2D eigenvalue weighted by Gasteiger charge is -2.02. The average Bonchev–Trinajstić information content (AvgIpc) is 3.02. The number of halogens is 1. The molecule has 1 heterocycles. The van der Waals surface area contributed by atoms with Crippen LogP contribution in [0, 0.1) is 0 Å². The van der Waals surface area contributed by atoms with Crippen LogP contribution in [0.2, 0.25) is 5.02 Å². The molecule has 0 radical (unpaired) electrons. The van der Waals surface area contributed by atoms with Crippen LogP contribution in [0.25, 0.3) is 0 Å². The summed E-state index contributed by atoms with van der Waals surface area (Å²) < 4.78 is 10.6. The third-order valence-corrected chi connectivity index (χ3v) is 3.65. The van der Waals surface area contributed by atoms with Gasteiger partial charge in [-0.2, -0.15) is 0 Å². The van der Waals surface area contributed by atoms with E-state index in [0.717, 1.165) is 11.3 Å². The monoisotopic (exact) mass is 343 g/mol. The van der Waals surface area contributed by atoms with Crippen LogP contribution in [0.1, 0.15) is 21.8 Å². The first kappa shape index (κ1) is 16.0. The van der Waals surface area contributed by atoms with E-state index in [2.05, 4.69) is 15.5 Å². The van der Waals surface area contributed by atoms with Crippen molar-refractivity contribution < 1.29 is 13.9 Å². The molecule has 0 atom stereocenters. The van der Waals surface area contributed by atoms with E-state index in [-0.39, 0.29) is 6.01 Å². The summed E-state index contributed by atoms with van der Waals surface area (Å²) >= 11 is 5.98. The molecule has 2 aromatic carbocycles. The quantitative estimate of drug-likeness (QED) is 0.766. The summed E-state index contributed by atoms with van der Waals surface area (Å²) in [6.07, 6.45) is 0.457. The molecule has 0 fully saturated rings. The Kier molecular flexibility index (Phi) is 4.77. The van der Waals surface area contributed by atoms with Crippen LogP contribution < -0.4 is 10.1 Å². The third-order valence-electron chi connectivity index (χ3n) is 3.32. The van der Waals surface area contributed by atoms with Crippen molar-refractivity contribution in [2.75, 3.05) is 12.4 Å². The maximum Gasteiger partial charge on any atom is 0.322 e. The van der Waals surface area contributed by atoms with Crippen molar-refractivity contribution in [3.05, 3.63) is 70.6 Å². The number of hydrogen-bond acceptors (Lipinski definition) is 5. The third kappa shape index (κ3) is 3.72. The zero-order valence-electron chi connectivity index (χ0n) is 12.8. The van der Waals surface area contributed by atoms with E-state index in [1.807, 2.05) is 24.3 Å². The molecular weight excluding hydrogens is 330 g/mol. The van der Waals surface area contributed by atoms with Gasteiger partial charge in [0.2, 0.25) is 5.89 Å². The fraction of sp³-hybridized carbons (Fsp3) is 0.118. The highest BCUT2D eigenvalue weighted by Crippen LogP contribution is 2.18. The van der Waals surface area contributed by atoms with Crippen LogP contribution in [-0.4, -0.2) is 23.2 Å². The van der Waals surface area contributed by atoms with Gasteiger partial charge >= 0.3 is 6.01 Å². The Hall–Kier alpha value is -2.86. The van der Waals surface area contributed by atoms with Crippen molar-refractivity contribution in [1.82, 2.24) is 10.2 Å². The number of benzene rings is 2. The van der Waals surface area contributed by atoms with Crippen LogP contribution in [0.4, 0.5) is 6.01 Å². The summed E-state index contributed by atoms with van der Waals surface area (Å²) in [6, 6.07) is 14.3. The number of nitrogens with one attached hydrogen (secondary N) is 1. The van der Waals surface area contributed by atoms with Crippen LogP contribution in [-0.2, 0) is 6.42 Å². The van der Waals surface area contributed by atoms with E-state index in [4.69, 9.17) is 20.8 Å². The van der Waals surface area contributed by atoms with Gasteiger partial charge in [0.15, 0.2) is 0 Å². The number of carbonyl (C=O) groups is 1. The molecule has 1 aromatic heterocycles. The summed E-state index contributed by atoms with van der Waals surface area (Å²) in [5.74, 6) is 0.770. The van der Waals surface area contributed by atoms with Crippen molar-refractivity contribution >= 4 is 23.5 Å². The first-order valence-electron chi connectivity index (χ1n) is 7.17. The molecule has 1 amide bonds. The zero-order chi connectivity index (χ0) is 16.9. The van der Waals surface area contributed by atoms with Crippen molar-refractivity contribution in [2.45, 2.75) is 6.42 Å². The van der Waals surface area contributed by atoms with Crippen LogP contribution in [0.5, 0.6) is 5.75 Å². The number of aromatic nitrogens is 2. The van der Waals surface area contributed by atoms with E-state index < -0.39 is 5.91 Å². The average molecular weight is 344 g/mol. The molecule has 24 heavy (non-hydrogen) atoms. The number of anilines is 1. The van der Waals surface area contributed by atoms with E-state index in [0.29, 0.717) is 22.9 Å². The molecule has 6 nitrogen and oxygen atoms in total. The second kappa shape index (κ2) is 7.14. The Morgan fingerprint density at radius 2 is 1.92 bits per heavy atom. The Bertz CT molecular complexity index is 846. The summed E-state index contributed by atoms with van der Waals surface area (Å²) in [4.78, 5) is 12.1. The van der Waals surface area contributed by atoms with Crippen LogP contribution >= 0.6 is 11.6 Å². The first-order valence-corrected chi connectivity index (χ1v) is 7.54. The van der Waals surface area contributed by atoms with Gasteiger partial charge in [0, 0.05) is 0 Å². The van der Waals surface area contributed by atoms with E-state index in [9.17, 15) is 4.79 Å². The van der Waals surface area contributed by atoms with Crippen molar-refractivity contribution in [3.8, 4) is 5.75 Å². The SMILES string of the molecule is COc1ccc(Cc2nnc(NC(=O)c3ccccc3Cl)o2)cc1. The number of amides is 1. The van der Waals surface area contributed by atoms with E-state index in [1.54, 1.807) is 31.4 Å². The normalized spacial score (nSPS) is 10.4. The molecular formula is C17H14ClN3O3. The molecule has 7 heteroatoms. The highest BCUT2D eigenvalue weighted by molar-refractivity contribution is 6.34. The molecule has 0 saturated carbocycles. The maximum absolute atomic E-state index is 12.1. The molecule has 0 aliphatic rings. The van der Waals surface area contributed by atoms with Gasteiger partial charge in [-0.25, -0.2) is 0 Å². The Labute approximate surface area is 143 Å². The molecule has 0 spiro atoms. The Morgan fingerprint density at radius 3 is 2.62 bits per heavy atom. The van der Waals surface area contributed by atoms with E-state index in [1.165, 1.54) is 0 Å². The molecule has 122 valence electrons. The van der Waals surface area contributed by atoms with Gasteiger partial charge in [0.1, 0.15) is 5.75 Å². The number of nitrogens with zero attached hydrogens (tertiary/aromatic N) is 2. The minimum atomic E-state index is -0.403. The van der Waals surface area contributed by atoms with Gasteiger partial charge in [-0.3, -0.25) is 10.1 Å². The van der Waals surface area contributed by atoms with Gasteiger partial charge in [0.25, 0.3) is 5.91 Å². The standard InChI is InChI=1S/C17H14ClN3O3/c1-23-12-8-6-11(7-9-12)10-15-20-21-17(24-15)19-16(22)13-4-2-3-5-14(13)18/h2-9H,10H2,1H3,(H,19,21,22). The molecule has 0 aliphatic carbocycles. The van der Waals surface area contributed by atoms with Gasteiger partial charge in [-0.1, -0.05) is 41.0 Å². The Morgan fingerprint density at radius 1 is 1.17 bits per heavy atom. The predicted molar refractivity (Wildman–Crippen MR) is 89.5 cm³/mol. The Balaban J connectivity index is 1.67. The fourth-order valence-corrected chi connectivity index (χ4v) is 2.32. The minimum absolute atomic E-state index is 0.0310. The summed E-state index contributed by atoms with van der Waals surface area (Å²) in [5.41, 5.74) is 1.33. The predicted octanol–water partition coefficient (Wildman–Crippen LogP) is 3.57. The minimum Gasteiger partial charge on any atom is -0.497 e. The van der Waals surface area contributed by atoms with Crippen LogP contribution in [0.15, 0.2) is 52.9 Å². The lowest BCUT2D eigenvalue weighted by Crippen LogP contribution is -2.12. The number of rotatable bonds is 5. The van der Waals surface area contributed by atoms with Crippen LogP contribution in [0.3, 0.4) is 0 Å². The van der Waals surface area contributed by atoms with Crippen molar-refractivity contribution in [1.29, 1.82) is 0 Å². The molecule has 3 rings (SSSR count). The van der Waals surface area contributed by atoms with E-state index >= 15 is 0 Å². The number of hydrogen-bond donors (Lipinski definition) is 1. The molecule has 0 aliphatic heterocycles. The fourth-order valence-electron chi connectivity index (χ4n) is 2.10. The summed E-state index contributed by atoms with van der Waals surface area (Å²) in [7, 11) is 1.61. The highest BCUT2D eigenvalue weighted by atomic mass is 35.5. The molecule has 1 N–H and O–H groups in total. The number of carbonyl (C=O) groups excluding carboxylic acids is 1. The first-order chi connectivity index (χ1) is 11.7. The molecule has 0 unspecified atom stereocenters. The highest BCUT2D eigenvalue weighted by Gasteiger charge is 2.14. The number of methoxy groups -OCH3 is 1. The lowest BCUT2D eigenvalue weighted by atomic mass is 10.1. The second-order valence-electron chi connectivity index (χ2n) is 4.96. The van der Waals surface area contributed by atoms with Gasteiger partial charge < -0.3 is 9.15 Å². The lowest BCUT2D eigenvalue weighted by molar-refractivity contribution is 0.102. The molecule has 0 bridgehead atoms. The van der Waals surface area contributed by atoms with Gasteiger partial charge in [0.05, 0.1) is 24.1 Å². The summed E-state index contributed by atoms with van der Waals surface area (Å²) in [6.45, 7) is 0. The second-order valence-corrected chi connectivity index (χ2v) is 5.37. The molecule has 0 saturated heterocycles. The van der Waals surface area contributed by atoms with Gasteiger partial charge in [-0.15, -0.1) is 5.10 Å². The van der Waals surface area contributed by atoms with Gasteiger partial charge in [-0.05, 0) is 29.8 Å². The topological polar surface area (TPSA) is 77.3 Å². The van der Waals surface area contributed by atoms with Crippen molar-refractivity contribution in [3.63, 3.8) is 0 Å². The summed E-state index contributed by atoms with van der Waals surface area (Å²) in [5, 5.41) is 10.6.